The molecule has 1 saturated heterocycles. The number of aryl methyl sites for hydroxylation is 2. The first kappa shape index (κ1) is 17.6. The van der Waals surface area contributed by atoms with Gasteiger partial charge in [0.15, 0.2) is 0 Å². The second-order valence-corrected chi connectivity index (χ2v) is 6.99. The number of piperidine rings is 1. The number of nitrogens with zero attached hydrogens (tertiary/aromatic N) is 2. The summed E-state index contributed by atoms with van der Waals surface area (Å²) in [5, 5.41) is 9.74. The summed E-state index contributed by atoms with van der Waals surface area (Å²) < 4.78 is 0. The minimum Gasteiger partial charge on any atom is -0.480 e. The maximum Gasteiger partial charge on any atom is 0.320 e. The van der Waals surface area contributed by atoms with E-state index in [0.717, 1.165) is 37.9 Å². The lowest BCUT2D eigenvalue weighted by atomic mass is 9.90. The van der Waals surface area contributed by atoms with Gasteiger partial charge in [0.25, 0.3) is 0 Å². The number of rotatable bonds is 5. The van der Waals surface area contributed by atoms with E-state index in [1.165, 1.54) is 16.7 Å². The van der Waals surface area contributed by atoms with Gasteiger partial charge in [-0.1, -0.05) is 36.2 Å². The van der Waals surface area contributed by atoms with Gasteiger partial charge in [-0.2, -0.15) is 0 Å². The molecule has 2 unspecified atom stereocenters. The van der Waals surface area contributed by atoms with Gasteiger partial charge in [-0.05, 0) is 56.5 Å². The van der Waals surface area contributed by atoms with Crippen LogP contribution in [0.15, 0.2) is 42.6 Å². The number of hydrogen-bond donors (Lipinski definition) is 1. The molecule has 2 heterocycles. The zero-order valence-corrected chi connectivity index (χ0v) is 15.0. The molecule has 4 nitrogen and oxygen atoms in total. The van der Waals surface area contributed by atoms with Gasteiger partial charge in [0, 0.05) is 24.4 Å². The fraction of sp³-hybridized carbons (Fsp3) is 0.429. The molecule has 1 aliphatic heterocycles. The molecular formula is C21H26N2O2. The maximum atomic E-state index is 11.8. The van der Waals surface area contributed by atoms with Crippen LogP contribution in [-0.4, -0.2) is 33.5 Å². The second kappa shape index (κ2) is 7.79. The van der Waals surface area contributed by atoms with Gasteiger partial charge >= 0.3 is 5.97 Å². The van der Waals surface area contributed by atoms with Crippen molar-refractivity contribution in [1.82, 2.24) is 9.88 Å². The molecular weight excluding hydrogens is 312 g/mol. The fourth-order valence-corrected chi connectivity index (χ4v) is 3.83. The van der Waals surface area contributed by atoms with Gasteiger partial charge in [-0.25, -0.2) is 0 Å². The van der Waals surface area contributed by atoms with Crippen LogP contribution in [0.25, 0.3) is 0 Å². The molecule has 25 heavy (non-hydrogen) atoms. The van der Waals surface area contributed by atoms with Crippen molar-refractivity contribution < 1.29 is 9.90 Å². The Morgan fingerprint density at radius 1 is 1.28 bits per heavy atom. The molecule has 1 aliphatic rings. The molecule has 0 radical (unpaired) electrons. The fourth-order valence-electron chi connectivity index (χ4n) is 3.83. The summed E-state index contributed by atoms with van der Waals surface area (Å²) in [5.74, 6) is -0.712. The number of carboxylic acids is 1. The summed E-state index contributed by atoms with van der Waals surface area (Å²) in [6.45, 7) is 5.02. The number of aliphatic carboxylic acids is 1. The first-order valence-electron chi connectivity index (χ1n) is 9.02. The van der Waals surface area contributed by atoms with Crippen molar-refractivity contribution in [3.8, 4) is 0 Å². The van der Waals surface area contributed by atoms with Crippen molar-refractivity contribution >= 4 is 5.97 Å². The Bertz CT molecular complexity index is 730. The lowest BCUT2D eigenvalue weighted by molar-refractivity contribution is -0.146. The van der Waals surface area contributed by atoms with Gasteiger partial charge in [0.05, 0.1) is 0 Å². The van der Waals surface area contributed by atoms with Crippen LogP contribution in [0.4, 0.5) is 0 Å². The van der Waals surface area contributed by atoms with E-state index in [1.54, 1.807) is 6.20 Å². The highest BCUT2D eigenvalue weighted by Gasteiger charge is 2.35. The van der Waals surface area contributed by atoms with Crippen molar-refractivity contribution in [2.24, 2.45) is 0 Å². The molecule has 1 fully saturated rings. The number of hydrogen-bond acceptors (Lipinski definition) is 3. The van der Waals surface area contributed by atoms with E-state index in [4.69, 9.17) is 0 Å². The normalized spacial score (nSPS) is 19.5. The number of likely N-dealkylation sites (tertiary alicyclic amines) is 1. The number of carboxylic acid groups (broad SMARTS) is 1. The van der Waals surface area contributed by atoms with Crippen LogP contribution in [0.3, 0.4) is 0 Å². The molecule has 2 aromatic rings. The Hall–Kier alpha value is -2.20. The molecule has 1 N–H and O–H groups in total. The second-order valence-electron chi connectivity index (χ2n) is 6.99. The minimum absolute atomic E-state index is 0.0381. The largest absolute Gasteiger partial charge is 0.480 e. The Morgan fingerprint density at radius 2 is 2.12 bits per heavy atom. The van der Waals surface area contributed by atoms with Crippen LogP contribution >= 0.6 is 0 Å². The van der Waals surface area contributed by atoms with Gasteiger partial charge in [-0.15, -0.1) is 0 Å². The number of carbonyl (C=O) groups is 1. The highest BCUT2D eigenvalue weighted by Crippen LogP contribution is 2.33. The molecule has 0 aliphatic carbocycles. The summed E-state index contributed by atoms with van der Waals surface area (Å²) >= 11 is 0. The third-order valence-electron chi connectivity index (χ3n) is 5.15. The predicted molar refractivity (Wildman–Crippen MR) is 98.6 cm³/mol. The maximum absolute atomic E-state index is 11.8. The van der Waals surface area contributed by atoms with Crippen LogP contribution in [-0.2, 0) is 11.2 Å². The Labute approximate surface area is 149 Å². The van der Waals surface area contributed by atoms with Gasteiger partial charge in [0.1, 0.15) is 6.04 Å². The van der Waals surface area contributed by atoms with Crippen molar-refractivity contribution in [3.63, 3.8) is 0 Å². The highest BCUT2D eigenvalue weighted by atomic mass is 16.4. The molecule has 1 aromatic heterocycles. The molecule has 3 rings (SSSR count). The molecule has 4 heteroatoms. The smallest absolute Gasteiger partial charge is 0.320 e. The standard InChI is InChI=1S/C21H26N2O2/c1-15-9-10-16(2)18(13-15)20(14-17-7-3-5-11-22-17)23-12-6-4-8-19(23)21(24)25/h3,5,7,9-11,13,19-20H,4,6,8,12,14H2,1-2H3,(H,24,25). The van der Waals surface area contributed by atoms with Crippen LogP contribution in [0.2, 0.25) is 0 Å². The zero-order valence-electron chi connectivity index (χ0n) is 15.0. The number of aromatic nitrogens is 1. The minimum atomic E-state index is -0.712. The van der Waals surface area contributed by atoms with Crippen LogP contribution < -0.4 is 0 Å². The highest BCUT2D eigenvalue weighted by molar-refractivity contribution is 5.73. The lowest BCUT2D eigenvalue weighted by Crippen LogP contribution is -2.47. The third kappa shape index (κ3) is 4.07. The third-order valence-corrected chi connectivity index (χ3v) is 5.15. The first-order chi connectivity index (χ1) is 12.1. The van der Waals surface area contributed by atoms with Crippen molar-refractivity contribution in [1.29, 1.82) is 0 Å². The van der Waals surface area contributed by atoms with Crippen molar-refractivity contribution in [2.45, 2.75) is 51.6 Å². The summed E-state index contributed by atoms with van der Waals surface area (Å²) in [7, 11) is 0. The average molecular weight is 338 g/mol. The zero-order chi connectivity index (χ0) is 17.8. The van der Waals surface area contributed by atoms with E-state index in [1.807, 2.05) is 18.2 Å². The van der Waals surface area contributed by atoms with Crippen LogP contribution in [0, 0.1) is 13.8 Å². The molecule has 0 amide bonds. The first-order valence-corrected chi connectivity index (χ1v) is 9.02. The van der Waals surface area contributed by atoms with E-state index in [-0.39, 0.29) is 6.04 Å². The van der Waals surface area contributed by atoms with Crippen molar-refractivity contribution in [3.05, 3.63) is 65.0 Å². The average Bonchev–Trinajstić information content (AvgIpc) is 2.63. The van der Waals surface area contributed by atoms with Gasteiger partial charge < -0.3 is 5.11 Å². The summed E-state index contributed by atoms with van der Waals surface area (Å²) in [6.07, 6.45) is 5.29. The summed E-state index contributed by atoms with van der Waals surface area (Å²) in [5.41, 5.74) is 4.64. The summed E-state index contributed by atoms with van der Waals surface area (Å²) in [4.78, 5) is 18.5. The van der Waals surface area contributed by atoms with E-state index in [2.05, 4.69) is 41.9 Å². The van der Waals surface area contributed by atoms with E-state index in [0.29, 0.717) is 0 Å². The number of benzene rings is 1. The topological polar surface area (TPSA) is 53.4 Å². The van der Waals surface area contributed by atoms with E-state index in [9.17, 15) is 9.90 Å². The quantitative estimate of drug-likeness (QED) is 0.898. The van der Waals surface area contributed by atoms with Gasteiger partial charge in [0.2, 0.25) is 0 Å². The lowest BCUT2D eigenvalue weighted by Gasteiger charge is -2.40. The molecule has 0 saturated carbocycles. The Morgan fingerprint density at radius 3 is 2.84 bits per heavy atom. The Kier molecular flexibility index (Phi) is 5.49. The number of pyridine rings is 1. The Balaban J connectivity index is 2.01. The monoisotopic (exact) mass is 338 g/mol. The molecule has 0 bridgehead atoms. The molecule has 1 aromatic carbocycles. The van der Waals surface area contributed by atoms with E-state index < -0.39 is 12.0 Å². The van der Waals surface area contributed by atoms with Crippen LogP contribution in [0.5, 0.6) is 0 Å². The van der Waals surface area contributed by atoms with Crippen molar-refractivity contribution in [2.75, 3.05) is 6.54 Å². The van der Waals surface area contributed by atoms with Crippen LogP contribution in [0.1, 0.15) is 47.7 Å². The van der Waals surface area contributed by atoms with E-state index >= 15 is 0 Å². The molecule has 0 spiro atoms. The SMILES string of the molecule is Cc1ccc(C)c(C(Cc2ccccn2)N2CCCCC2C(=O)O)c1. The van der Waals surface area contributed by atoms with Gasteiger partial charge in [-0.3, -0.25) is 14.7 Å². The predicted octanol–water partition coefficient (Wildman–Crippen LogP) is 3.92. The molecule has 2 atom stereocenters. The molecule has 132 valence electrons. The summed E-state index contributed by atoms with van der Waals surface area (Å²) in [6, 6.07) is 12.0.